The molecular weight excluding hydrogens is 454 g/mol. The molecule has 2 aliphatic heterocycles. The van der Waals surface area contributed by atoms with Crippen LogP contribution >= 0.6 is 0 Å². The molecule has 37 heavy (non-hydrogen) atoms. The van der Waals surface area contributed by atoms with Gasteiger partial charge in [-0.05, 0) is 68.5 Å². The second-order valence-electron chi connectivity index (χ2n) is 10.2. The molecule has 0 amide bonds. The third-order valence-corrected chi connectivity index (χ3v) is 7.93. The van der Waals surface area contributed by atoms with Crippen LogP contribution in [-0.4, -0.2) is 45.8 Å². The first kappa shape index (κ1) is 23.7. The van der Waals surface area contributed by atoms with E-state index in [9.17, 15) is 0 Å². The smallest absolute Gasteiger partial charge is 0.160 e. The number of anilines is 1. The fraction of sp³-hybridized carbons (Fsp3) is 0.312. The van der Waals surface area contributed by atoms with Gasteiger partial charge < -0.3 is 9.80 Å². The quantitative estimate of drug-likeness (QED) is 0.312. The first-order valence-corrected chi connectivity index (χ1v) is 13.5. The highest BCUT2D eigenvalue weighted by Gasteiger charge is 2.31. The lowest BCUT2D eigenvalue weighted by molar-refractivity contribution is 0.254. The van der Waals surface area contributed by atoms with E-state index >= 15 is 0 Å². The van der Waals surface area contributed by atoms with Gasteiger partial charge in [0.25, 0.3) is 0 Å². The molecule has 1 aromatic heterocycles. The fourth-order valence-corrected chi connectivity index (χ4v) is 6.05. The van der Waals surface area contributed by atoms with Gasteiger partial charge >= 0.3 is 0 Å². The molecule has 0 saturated carbocycles. The van der Waals surface area contributed by atoms with Gasteiger partial charge in [-0.3, -0.25) is 4.57 Å². The molecule has 0 aliphatic carbocycles. The zero-order chi connectivity index (χ0) is 25.2. The molecule has 0 radical (unpaired) electrons. The summed E-state index contributed by atoms with van der Waals surface area (Å²) in [4.78, 5) is 5.15. The zero-order valence-corrected chi connectivity index (χ0v) is 21.8. The summed E-state index contributed by atoms with van der Waals surface area (Å²) in [5.41, 5.74) is 8.15. The van der Waals surface area contributed by atoms with Crippen molar-refractivity contribution in [2.75, 3.05) is 31.1 Å². The molecule has 6 rings (SSSR count). The van der Waals surface area contributed by atoms with Gasteiger partial charge in [-0.15, -0.1) is 10.2 Å². The topological polar surface area (TPSA) is 37.2 Å². The van der Waals surface area contributed by atoms with E-state index in [4.69, 9.17) is 0 Å². The van der Waals surface area contributed by atoms with Gasteiger partial charge in [0, 0.05) is 19.6 Å². The predicted molar refractivity (Wildman–Crippen MR) is 151 cm³/mol. The molecule has 188 valence electrons. The summed E-state index contributed by atoms with van der Waals surface area (Å²) in [5.74, 6) is 2.00. The molecule has 2 aliphatic rings. The summed E-state index contributed by atoms with van der Waals surface area (Å²) in [7, 11) is 0. The average molecular weight is 490 g/mol. The maximum Gasteiger partial charge on any atom is 0.160 e. The second kappa shape index (κ2) is 10.3. The van der Waals surface area contributed by atoms with Gasteiger partial charge in [0.05, 0.1) is 17.4 Å². The van der Waals surface area contributed by atoms with E-state index < -0.39 is 0 Å². The molecule has 0 N–H and O–H groups in total. The Labute approximate surface area is 220 Å². The molecule has 3 heterocycles. The molecule has 1 saturated heterocycles. The lowest BCUT2D eigenvalue weighted by Gasteiger charge is -2.37. The van der Waals surface area contributed by atoms with E-state index in [0.29, 0.717) is 0 Å². The number of benzene rings is 3. The van der Waals surface area contributed by atoms with E-state index in [2.05, 4.69) is 116 Å². The Hall–Kier alpha value is -3.70. The summed E-state index contributed by atoms with van der Waals surface area (Å²) >= 11 is 0. The van der Waals surface area contributed by atoms with Crippen LogP contribution in [0.25, 0.3) is 11.3 Å². The van der Waals surface area contributed by atoms with Gasteiger partial charge in [-0.2, -0.15) is 0 Å². The number of para-hydroxylation sites is 2. The first-order valence-electron chi connectivity index (χ1n) is 13.5. The van der Waals surface area contributed by atoms with Crippen LogP contribution in [0, 0.1) is 6.92 Å². The van der Waals surface area contributed by atoms with Crippen LogP contribution in [0.15, 0.2) is 90.5 Å². The van der Waals surface area contributed by atoms with Crippen molar-refractivity contribution in [1.29, 1.82) is 0 Å². The number of piperidine rings is 1. The Kier molecular flexibility index (Phi) is 6.62. The van der Waals surface area contributed by atoms with Crippen molar-refractivity contribution >= 4 is 11.3 Å². The molecule has 4 aromatic rings. The summed E-state index contributed by atoms with van der Waals surface area (Å²) in [6, 6.07) is 30.7. The highest BCUT2D eigenvalue weighted by Crippen LogP contribution is 2.38. The van der Waals surface area contributed by atoms with Gasteiger partial charge in [-0.1, -0.05) is 78.4 Å². The number of hydrogen-bond acceptors (Lipinski definition) is 4. The number of aryl methyl sites for hydroxylation is 1. The third-order valence-electron chi connectivity index (χ3n) is 7.93. The van der Waals surface area contributed by atoms with E-state index in [1.54, 1.807) is 5.57 Å². The van der Waals surface area contributed by atoms with Gasteiger partial charge in [0.1, 0.15) is 5.82 Å². The van der Waals surface area contributed by atoms with Crippen molar-refractivity contribution in [1.82, 2.24) is 19.7 Å². The first-order chi connectivity index (χ1) is 18.2. The summed E-state index contributed by atoms with van der Waals surface area (Å²) < 4.78 is 2.21. The second-order valence-corrected chi connectivity index (χ2v) is 10.2. The monoisotopic (exact) mass is 489 g/mol. The van der Waals surface area contributed by atoms with E-state index in [0.717, 1.165) is 57.1 Å². The number of fused-ring (bicyclic) bond motifs is 3. The largest absolute Gasteiger partial charge is 0.360 e. The number of hydrogen-bond donors (Lipinski definition) is 0. The highest BCUT2D eigenvalue weighted by atomic mass is 15.4. The fourth-order valence-electron chi connectivity index (χ4n) is 6.05. The molecule has 1 atom stereocenters. The van der Waals surface area contributed by atoms with Gasteiger partial charge in [0.15, 0.2) is 5.82 Å². The SMILES string of the molecule is Cc1nnc2n1-c1ccccc1N(CCCN1CCC(=C(c3ccccc3)c3ccccc3)CC1)C2C. The van der Waals surface area contributed by atoms with Crippen molar-refractivity contribution in [2.24, 2.45) is 0 Å². The summed E-state index contributed by atoms with van der Waals surface area (Å²) in [6.07, 6.45) is 3.39. The maximum absolute atomic E-state index is 4.51. The van der Waals surface area contributed by atoms with Crippen molar-refractivity contribution in [2.45, 2.75) is 39.2 Å². The van der Waals surface area contributed by atoms with Crippen LogP contribution in [0.5, 0.6) is 0 Å². The van der Waals surface area contributed by atoms with E-state index in [-0.39, 0.29) is 6.04 Å². The van der Waals surface area contributed by atoms with Gasteiger partial charge in [0.2, 0.25) is 0 Å². The average Bonchev–Trinajstić information content (AvgIpc) is 3.34. The van der Waals surface area contributed by atoms with E-state index in [1.165, 1.54) is 28.1 Å². The Balaban J connectivity index is 1.13. The van der Waals surface area contributed by atoms with Crippen molar-refractivity contribution in [3.63, 3.8) is 0 Å². The minimum Gasteiger partial charge on any atom is -0.360 e. The lowest BCUT2D eigenvalue weighted by atomic mass is 9.88. The molecule has 0 bridgehead atoms. The molecule has 1 fully saturated rings. The van der Waals surface area contributed by atoms with Crippen molar-refractivity contribution in [3.05, 3.63) is 113 Å². The van der Waals surface area contributed by atoms with Crippen LogP contribution < -0.4 is 4.90 Å². The highest BCUT2D eigenvalue weighted by molar-refractivity contribution is 5.82. The number of rotatable bonds is 6. The van der Waals surface area contributed by atoms with Crippen molar-refractivity contribution in [3.8, 4) is 5.69 Å². The van der Waals surface area contributed by atoms with Crippen molar-refractivity contribution < 1.29 is 0 Å². The number of likely N-dealkylation sites (tertiary alicyclic amines) is 1. The van der Waals surface area contributed by atoms with Crippen LogP contribution in [0.3, 0.4) is 0 Å². The van der Waals surface area contributed by atoms with Crippen LogP contribution in [-0.2, 0) is 0 Å². The molecule has 5 nitrogen and oxygen atoms in total. The predicted octanol–water partition coefficient (Wildman–Crippen LogP) is 6.44. The molecule has 3 aromatic carbocycles. The minimum atomic E-state index is 0.214. The summed E-state index contributed by atoms with van der Waals surface area (Å²) in [6.45, 7) is 8.67. The van der Waals surface area contributed by atoms with Crippen LogP contribution in [0.2, 0.25) is 0 Å². The van der Waals surface area contributed by atoms with Gasteiger partial charge in [-0.25, -0.2) is 0 Å². The molecule has 5 heteroatoms. The molecular formula is C32H35N5. The van der Waals surface area contributed by atoms with E-state index in [1.807, 2.05) is 6.92 Å². The maximum atomic E-state index is 4.51. The Morgan fingerprint density at radius 1 is 0.757 bits per heavy atom. The zero-order valence-electron chi connectivity index (χ0n) is 21.8. The Morgan fingerprint density at radius 2 is 1.35 bits per heavy atom. The van der Waals surface area contributed by atoms with Crippen LogP contribution in [0.4, 0.5) is 5.69 Å². The number of aromatic nitrogens is 3. The lowest BCUT2D eigenvalue weighted by Crippen LogP contribution is -2.37. The van der Waals surface area contributed by atoms with Crippen LogP contribution in [0.1, 0.15) is 55.0 Å². The molecule has 1 unspecified atom stereocenters. The normalized spacial score (nSPS) is 17.4. The summed E-state index contributed by atoms with van der Waals surface area (Å²) in [5, 5.41) is 8.89. The third kappa shape index (κ3) is 4.60. The molecule has 0 spiro atoms. The number of nitrogens with zero attached hydrogens (tertiary/aromatic N) is 5. The standard InChI is InChI=1S/C32H35N5/c1-24-32-34-33-25(2)37(32)30-17-10-9-16-29(30)36(24)21-11-20-35-22-18-28(19-23-35)31(26-12-5-3-6-13-26)27-14-7-4-8-15-27/h3-10,12-17,24H,11,18-23H2,1-2H3. The Morgan fingerprint density at radius 3 is 2.00 bits per heavy atom. The Bertz CT molecular complexity index is 1340. The minimum absolute atomic E-state index is 0.214.